The predicted molar refractivity (Wildman–Crippen MR) is 94.7 cm³/mol. The third kappa shape index (κ3) is 4.73. The summed E-state index contributed by atoms with van der Waals surface area (Å²) in [5.74, 6) is 0.144. The lowest BCUT2D eigenvalue weighted by molar-refractivity contribution is 0.0629. The summed E-state index contributed by atoms with van der Waals surface area (Å²) < 4.78 is 0. The molecule has 2 rings (SSSR count). The van der Waals surface area contributed by atoms with Gasteiger partial charge in [-0.15, -0.1) is 0 Å². The Morgan fingerprint density at radius 3 is 2.27 bits per heavy atom. The molecule has 5 heteroatoms. The van der Waals surface area contributed by atoms with Crippen molar-refractivity contribution >= 4 is 18.5 Å². The average molecular weight is 321 g/mol. The number of thiol groups is 1. The van der Waals surface area contributed by atoms with Crippen LogP contribution < -0.4 is 0 Å². The van der Waals surface area contributed by atoms with Crippen LogP contribution in [0.3, 0.4) is 0 Å². The Bertz CT molecular complexity index is 479. The van der Waals surface area contributed by atoms with Gasteiger partial charge in [-0.25, -0.2) is 0 Å². The summed E-state index contributed by atoms with van der Waals surface area (Å²) in [6.07, 6.45) is 0. The second-order valence-corrected chi connectivity index (χ2v) is 7.01. The van der Waals surface area contributed by atoms with Gasteiger partial charge in [0, 0.05) is 50.1 Å². The Morgan fingerprint density at radius 2 is 1.77 bits per heavy atom. The Kier molecular flexibility index (Phi) is 6.29. The van der Waals surface area contributed by atoms with Crippen LogP contribution in [0.5, 0.6) is 0 Å². The highest BCUT2D eigenvalue weighted by atomic mass is 32.1. The Labute approximate surface area is 139 Å². The lowest BCUT2D eigenvalue weighted by atomic mass is 10.1. The van der Waals surface area contributed by atoms with Gasteiger partial charge in [-0.1, -0.05) is 12.1 Å². The molecule has 1 amide bonds. The van der Waals surface area contributed by atoms with Gasteiger partial charge in [0.25, 0.3) is 5.91 Å². The molecule has 1 aromatic carbocycles. The van der Waals surface area contributed by atoms with Crippen LogP contribution in [-0.2, 0) is 0 Å². The van der Waals surface area contributed by atoms with E-state index in [0.29, 0.717) is 0 Å². The highest BCUT2D eigenvalue weighted by molar-refractivity contribution is 7.80. The summed E-state index contributed by atoms with van der Waals surface area (Å²) in [4.78, 5) is 19.1. The molecule has 1 atom stereocenters. The lowest BCUT2D eigenvalue weighted by Crippen LogP contribution is -2.49. The molecular formula is C17H27N3OS. The first kappa shape index (κ1) is 17.3. The van der Waals surface area contributed by atoms with Crippen LogP contribution in [0.15, 0.2) is 24.3 Å². The fourth-order valence-electron chi connectivity index (χ4n) is 2.60. The maximum atomic E-state index is 12.5. The van der Waals surface area contributed by atoms with E-state index in [4.69, 9.17) is 0 Å². The molecule has 1 fully saturated rings. The van der Waals surface area contributed by atoms with Crippen molar-refractivity contribution in [3.05, 3.63) is 35.4 Å². The minimum absolute atomic E-state index is 0.144. The van der Waals surface area contributed by atoms with Crippen molar-refractivity contribution in [2.45, 2.75) is 12.2 Å². The molecular weight excluding hydrogens is 294 g/mol. The summed E-state index contributed by atoms with van der Waals surface area (Å²) in [6, 6.07) is 7.84. The number of likely N-dealkylation sites (N-methyl/N-ethyl adjacent to an activating group) is 1. The molecule has 1 saturated heterocycles. The van der Waals surface area contributed by atoms with Crippen LogP contribution in [0.2, 0.25) is 0 Å². The van der Waals surface area contributed by atoms with Crippen molar-refractivity contribution in [3.8, 4) is 0 Å². The van der Waals surface area contributed by atoms with Crippen LogP contribution in [0, 0.1) is 0 Å². The van der Waals surface area contributed by atoms with Gasteiger partial charge in [0.2, 0.25) is 0 Å². The maximum Gasteiger partial charge on any atom is 0.253 e. The second kappa shape index (κ2) is 7.99. The predicted octanol–water partition coefficient (Wildman–Crippen LogP) is 2.00. The molecule has 1 unspecified atom stereocenters. The standard InChI is InChI=1S/C17H27N3OS/c1-14(22)15-4-6-16(7-5-15)17(21)20-12-10-19(11-13-20)9-8-18(2)3/h4-7,14,22H,8-13H2,1-3H3. The normalized spacial score (nSPS) is 17.8. The molecule has 0 radical (unpaired) electrons. The van der Waals surface area contributed by atoms with Gasteiger partial charge in [0.05, 0.1) is 0 Å². The number of carbonyl (C=O) groups excluding carboxylic acids is 1. The molecule has 1 aromatic rings. The van der Waals surface area contributed by atoms with E-state index in [9.17, 15) is 4.79 Å². The molecule has 0 saturated carbocycles. The highest BCUT2D eigenvalue weighted by Gasteiger charge is 2.21. The first-order valence-corrected chi connectivity index (χ1v) is 8.43. The van der Waals surface area contributed by atoms with Gasteiger partial charge >= 0.3 is 0 Å². The van der Waals surface area contributed by atoms with Gasteiger partial charge < -0.3 is 9.80 Å². The minimum atomic E-state index is 0.144. The lowest BCUT2D eigenvalue weighted by Gasteiger charge is -2.35. The molecule has 1 heterocycles. The number of hydrogen-bond donors (Lipinski definition) is 1. The number of rotatable bonds is 5. The third-order valence-corrected chi connectivity index (χ3v) is 4.46. The fourth-order valence-corrected chi connectivity index (χ4v) is 2.77. The number of benzene rings is 1. The average Bonchev–Trinajstić information content (AvgIpc) is 2.53. The second-order valence-electron chi connectivity index (χ2n) is 6.24. The molecule has 22 heavy (non-hydrogen) atoms. The van der Waals surface area contributed by atoms with Gasteiger partial charge in [-0.3, -0.25) is 9.69 Å². The van der Waals surface area contributed by atoms with Crippen LogP contribution in [-0.4, -0.2) is 74.0 Å². The fraction of sp³-hybridized carbons (Fsp3) is 0.588. The van der Waals surface area contributed by atoms with E-state index in [1.54, 1.807) is 0 Å². The molecule has 0 aromatic heterocycles. The van der Waals surface area contributed by atoms with E-state index >= 15 is 0 Å². The van der Waals surface area contributed by atoms with E-state index in [1.165, 1.54) is 0 Å². The van der Waals surface area contributed by atoms with Crippen LogP contribution in [0.1, 0.15) is 28.1 Å². The molecule has 4 nitrogen and oxygen atoms in total. The highest BCUT2D eigenvalue weighted by Crippen LogP contribution is 2.19. The molecule has 1 aliphatic rings. The number of carbonyl (C=O) groups is 1. The van der Waals surface area contributed by atoms with E-state index in [0.717, 1.165) is 50.4 Å². The molecule has 122 valence electrons. The first-order valence-electron chi connectivity index (χ1n) is 7.92. The van der Waals surface area contributed by atoms with Crippen LogP contribution in [0.25, 0.3) is 0 Å². The van der Waals surface area contributed by atoms with Crippen LogP contribution >= 0.6 is 12.6 Å². The molecule has 0 spiro atoms. The van der Waals surface area contributed by atoms with Crippen molar-refractivity contribution in [2.75, 3.05) is 53.4 Å². The van der Waals surface area contributed by atoms with Crippen molar-refractivity contribution in [3.63, 3.8) is 0 Å². The quantitative estimate of drug-likeness (QED) is 0.841. The summed E-state index contributed by atoms with van der Waals surface area (Å²) in [5, 5.41) is 0.199. The molecule has 0 aliphatic carbocycles. The van der Waals surface area contributed by atoms with E-state index in [2.05, 4.69) is 36.5 Å². The van der Waals surface area contributed by atoms with Gasteiger partial charge in [-0.05, 0) is 38.7 Å². The van der Waals surface area contributed by atoms with E-state index < -0.39 is 0 Å². The summed E-state index contributed by atoms with van der Waals surface area (Å²) in [5.41, 5.74) is 1.92. The van der Waals surface area contributed by atoms with Gasteiger partial charge in [0.15, 0.2) is 0 Å². The molecule has 1 aliphatic heterocycles. The SMILES string of the molecule is CC(S)c1ccc(C(=O)N2CCN(CCN(C)C)CC2)cc1. The number of nitrogens with zero attached hydrogens (tertiary/aromatic N) is 3. The van der Waals surface area contributed by atoms with Crippen molar-refractivity contribution in [1.82, 2.24) is 14.7 Å². The minimum Gasteiger partial charge on any atom is -0.336 e. The Morgan fingerprint density at radius 1 is 1.18 bits per heavy atom. The zero-order valence-electron chi connectivity index (χ0n) is 13.8. The largest absolute Gasteiger partial charge is 0.336 e. The summed E-state index contributed by atoms with van der Waals surface area (Å²) in [7, 11) is 4.18. The van der Waals surface area contributed by atoms with Crippen LogP contribution in [0.4, 0.5) is 0 Å². The third-order valence-electron chi connectivity index (χ3n) is 4.16. The van der Waals surface area contributed by atoms with E-state index in [-0.39, 0.29) is 11.2 Å². The van der Waals surface area contributed by atoms with E-state index in [1.807, 2.05) is 36.1 Å². The number of hydrogen-bond acceptors (Lipinski definition) is 4. The zero-order chi connectivity index (χ0) is 16.1. The topological polar surface area (TPSA) is 26.8 Å². The molecule has 0 bridgehead atoms. The van der Waals surface area contributed by atoms with Crippen molar-refractivity contribution in [1.29, 1.82) is 0 Å². The number of amides is 1. The summed E-state index contributed by atoms with van der Waals surface area (Å²) in [6.45, 7) is 7.73. The smallest absolute Gasteiger partial charge is 0.253 e. The van der Waals surface area contributed by atoms with Crippen molar-refractivity contribution in [2.24, 2.45) is 0 Å². The monoisotopic (exact) mass is 321 g/mol. The maximum absolute atomic E-state index is 12.5. The van der Waals surface area contributed by atoms with Crippen molar-refractivity contribution < 1.29 is 4.79 Å². The summed E-state index contributed by atoms with van der Waals surface area (Å²) >= 11 is 4.41. The Balaban J connectivity index is 1.86. The molecule has 0 N–H and O–H groups in total. The zero-order valence-corrected chi connectivity index (χ0v) is 14.7. The van der Waals surface area contributed by atoms with Gasteiger partial charge in [-0.2, -0.15) is 12.6 Å². The number of piperazine rings is 1. The van der Waals surface area contributed by atoms with Gasteiger partial charge in [0.1, 0.15) is 0 Å². The first-order chi connectivity index (χ1) is 10.5. The Hall–Kier alpha value is -1.04.